The van der Waals surface area contributed by atoms with Crippen molar-refractivity contribution in [1.82, 2.24) is 19.9 Å². The van der Waals surface area contributed by atoms with Gasteiger partial charge in [-0.3, -0.25) is 9.88 Å². The fourth-order valence-corrected chi connectivity index (χ4v) is 7.72. The SMILES string of the molecule is CCc1c(F)ccc2cc(O)cc(-c3ncc4c(N5CC[C@@H](C(C)(C)O)C5)nc(OC[C@@]56CCCN5C[C@H](F)C6)nc4c3F)c12. The van der Waals surface area contributed by atoms with E-state index in [4.69, 9.17) is 9.72 Å². The number of alkyl halides is 1. The van der Waals surface area contributed by atoms with E-state index < -0.39 is 28.9 Å². The van der Waals surface area contributed by atoms with Gasteiger partial charge >= 0.3 is 6.01 Å². The van der Waals surface area contributed by atoms with E-state index in [1.54, 1.807) is 19.9 Å². The number of halogens is 3. The number of hydrogen-bond donors (Lipinski definition) is 2. The molecule has 0 amide bonds. The number of phenolic OH excluding ortho intramolecular Hbond substituents is 1. The second-order valence-corrected chi connectivity index (χ2v) is 13.4. The van der Waals surface area contributed by atoms with Crippen LogP contribution in [-0.4, -0.2) is 80.2 Å². The molecule has 8 nitrogen and oxygen atoms in total. The summed E-state index contributed by atoms with van der Waals surface area (Å²) < 4.78 is 52.4. The van der Waals surface area contributed by atoms with Crippen molar-refractivity contribution < 1.29 is 28.1 Å². The quantitative estimate of drug-likeness (QED) is 0.262. The molecule has 2 N–H and O–H groups in total. The van der Waals surface area contributed by atoms with Crippen LogP contribution in [0.15, 0.2) is 30.5 Å². The molecule has 0 unspecified atom stereocenters. The first-order valence-electron chi connectivity index (χ1n) is 15.8. The molecule has 2 aromatic heterocycles. The summed E-state index contributed by atoms with van der Waals surface area (Å²) in [5.41, 5.74) is -0.797. The van der Waals surface area contributed by atoms with Crippen LogP contribution in [-0.2, 0) is 6.42 Å². The van der Waals surface area contributed by atoms with Gasteiger partial charge in [-0.05, 0) is 80.6 Å². The Balaban J connectivity index is 1.37. The van der Waals surface area contributed by atoms with Crippen LogP contribution in [0.1, 0.15) is 52.0 Å². The highest BCUT2D eigenvalue weighted by Gasteiger charge is 2.49. The second kappa shape index (κ2) is 11.0. The third kappa shape index (κ3) is 5.13. The molecule has 0 bridgehead atoms. The maximum absolute atomic E-state index is 16.8. The Hall–Kier alpha value is -3.70. The average Bonchev–Trinajstić information content (AvgIpc) is 3.71. The van der Waals surface area contributed by atoms with Gasteiger partial charge in [0.15, 0.2) is 5.82 Å². The van der Waals surface area contributed by atoms with E-state index in [9.17, 15) is 19.0 Å². The number of aryl methyl sites for hydroxylation is 1. The monoisotopic (exact) mass is 621 g/mol. The Morgan fingerprint density at radius 3 is 2.71 bits per heavy atom. The Morgan fingerprint density at radius 2 is 1.96 bits per heavy atom. The first kappa shape index (κ1) is 30.0. The number of aromatic nitrogens is 3. The standard InChI is InChI=1S/C34H38F3N5O3/c1-4-23-26(36)7-6-19-12-22(43)13-24(27(19)23)29-28(37)30-25(15-38-29)31(41-11-8-20(16-41)33(2,3)44)40-32(39-30)45-18-34-9-5-10-42(34)17-21(35)14-34/h6-7,12-13,15,20-21,43-44H,4-5,8-11,14,16-18H2,1-3H3/t20-,21-,34+/m1/s1. The lowest BCUT2D eigenvalue weighted by Crippen LogP contribution is -2.43. The molecule has 3 saturated heterocycles. The smallest absolute Gasteiger partial charge is 0.319 e. The number of ether oxygens (including phenoxy) is 1. The van der Waals surface area contributed by atoms with Gasteiger partial charge in [0.05, 0.1) is 16.5 Å². The van der Waals surface area contributed by atoms with Gasteiger partial charge in [-0.2, -0.15) is 9.97 Å². The van der Waals surface area contributed by atoms with Crippen LogP contribution in [0.3, 0.4) is 0 Å². The summed E-state index contributed by atoms with van der Waals surface area (Å²) in [6, 6.07) is 5.79. The molecule has 0 saturated carbocycles. The molecule has 4 aromatic rings. The molecule has 2 aromatic carbocycles. The van der Waals surface area contributed by atoms with Gasteiger partial charge in [0.1, 0.15) is 41.4 Å². The number of aliphatic hydroxyl groups is 1. The van der Waals surface area contributed by atoms with Crippen LogP contribution in [0.25, 0.3) is 32.9 Å². The van der Waals surface area contributed by atoms with Crippen LogP contribution in [0.2, 0.25) is 0 Å². The maximum atomic E-state index is 16.8. The fourth-order valence-electron chi connectivity index (χ4n) is 7.72. The zero-order valence-electron chi connectivity index (χ0n) is 25.8. The highest BCUT2D eigenvalue weighted by molar-refractivity contribution is 6.01. The Kier molecular flexibility index (Phi) is 7.31. The Morgan fingerprint density at radius 1 is 1.13 bits per heavy atom. The number of pyridine rings is 1. The van der Waals surface area contributed by atoms with Crippen LogP contribution < -0.4 is 9.64 Å². The molecular formula is C34H38F3N5O3. The summed E-state index contributed by atoms with van der Waals surface area (Å²) in [4.78, 5) is 17.9. The number of nitrogens with zero attached hydrogens (tertiary/aromatic N) is 5. The van der Waals surface area contributed by atoms with Gasteiger partial charge in [-0.25, -0.2) is 13.2 Å². The third-order valence-corrected chi connectivity index (χ3v) is 10.1. The number of hydrogen-bond acceptors (Lipinski definition) is 8. The van der Waals surface area contributed by atoms with E-state index >= 15 is 4.39 Å². The van der Waals surface area contributed by atoms with Gasteiger partial charge in [0.2, 0.25) is 0 Å². The molecule has 5 heterocycles. The van der Waals surface area contributed by atoms with Crippen LogP contribution in [0.5, 0.6) is 11.8 Å². The minimum absolute atomic E-state index is 0.0202. The molecule has 238 valence electrons. The predicted octanol–water partition coefficient (Wildman–Crippen LogP) is 5.94. The Bertz CT molecular complexity index is 1800. The fraction of sp³-hybridized carbons (Fsp3) is 0.500. The Labute approximate surface area is 259 Å². The third-order valence-electron chi connectivity index (χ3n) is 10.1. The topological polar surface area (TPSA) is 94.8 Å². The summed E-state index contributed by atoms with van der Waals surface area (Å²) in [6.45, 7) is 7.82. The van der Waals surface area contributed by atoms with Crippen molar-refractivity contribution in [2.75, 3.05) is 37.7 Å². The second-order valence-electron chi connectivity index (χ2n) is 13.4. The van der Waals surface area contributed by atoms with E-state index in [1.165, 1.54) is 24.4 Å². The van der Waals surface area contributed by atoms with E-state index in [-0.39, 0.29) is 41.1 Å². The number of phenols is 1. The van der Waals surface area contributed by atoms with Gasteiger partial charge < -0.3 is 19.8 Å². The molecular weight excluding hydrogens is 583 g/mol. The average molecular weight is 622 g/mol. The highest BCUT2D eigenvalue weighted by Crippen LogP contribution is 2.42. The van der Waals surface area contributed by atoms with Crippen molar-refractivity contribution in [2.24, 2.45) is 5.92 Å². The molecule has 45 heavy (non-hydrogen) atoms. The van der Waals surface area contributed by atoms with Crippen molar-refractivity contribution in [1.29, 1.82) is 0 Å². The molecule has 3 aliphatic heterocycles. The molecule has 0 aliphatic carbocycles. The van der Waals surface area contributed by atoms with Crippen molar-refractivity contribution in [3.63, 3.8) is 0 Å². The zero-order valence-corrected chi connectivity index (χ0v) is 25.8. The summed E-state index contributed by atoms with van der Waals surface area (Å²) in [5.74, 6) is -0.857. The lowest BCUT2D eigenvalue weighted by atomic mass is 9.90. The van der Waals surface area contributed by atoms with Gasteiger partial charge in [0, 0.05) is 43.7 Å². The highest BCUT2D eigenvalue weighted by atomic mass is 19.1. The number of aromatic hydroxyl groups is 1. The first-order valence-corrected chi connectivity index (χ1v) is 15.8. The van der Waals surface area contributed by atoms with Crippen molar-refractivity contribution in [3.8, 4) is 23.0 Å². The van der Waals surface area contributed by atoms with Gasteiger partial charge in [-0.1, -0.05) is 13.0 Å². The molecule has 7 rings (SSSR count). The molecule has 11 heteroatoms. The van der Waals surface area contributed by atoms with Crippen molar-refractivity contribution >= 4 is 27.5 Å². The molecule has 3 fully saturated rings. The summed E-state index contributed by atoms with van der Waals surface area (Å²) in [5, 5.41) is 22.7. The molecule has 0 radical (unpaired) electrons. The molecule has 3 aliphatic rings. The lowest BCUT2D eigenvalue weighted by Gasteiger charge is -2.31. The van der Waals surface area contributed by atoms with Crippen LogP contribution >= 0.6 is 0 Å². The van der Waals surface area contributed by atoms with E-state index in [0.717, 1.165) is 25.8 Å². The number of benzene rings is 2. The lowest BCUT2D eigenvalue weighted by molar-refractivity contribution is 0.0263. The summed E-state index contributed by atoms with van der Waals surface area (Å²) in [6.07, 6.45) is 3.78. The number of fused-ring (bicyclic) bond motifs is 3. The molecule has 0 spiro atoms. The van der Waals surface area contributed by atoms with E-state index in [1.807, 2.05) is 11.8 Å². The minimum Gasteiger partial charge on any atom is -0.508 e. The number of anilines is 1. The summed E-state index contributed by atoms with van der Waals surface area (Å²) >= 11 is 0. The van der Waals surface area contributed by atoms with E-state index in [0.29, 0.717) is 60.0 Å². The largest absolute Gasteiger partial charge is 0.508 e. The summed E-state index contributed by atoms with van der Waals surface area (Å²) in [7, 11) is 0. The zero-order chi connectivity index (χ0) is 31.7. The molecule has 3 atom stereocenters. The minimum atomic E-state index is -0.925. The van der Waals surface area contributed by atoms with Gasteiger partial charge in [0.25, 0.3) is 0 Å². The normalized spacial score (nSPS) is 23.8. The maximum Gasteiger partial charge on any atom is 0.319 e. The van der Waals surface area contributed by atoms with E-state index in [2.05, 4.69) is 14.9 Å². The predicted molar refractivity (Wildman–Crippen MR) is 166 cm³/mol. The van der Waals surface area contributed by atoms with Crippen LogP contribution in [0, 0.1) is 17.6 Å². The van der Waals surface area contributed by atoms with Crippen molar-refractivity contribution in [3.05, 3.63) is 47.7 Å². The first-order chi connectivity index (χ1) is 21.5. The van der Waals surface area contributed by atoms with Gasteiger partial charge in [-0.15, -0.1) is 0 Å². The van der Waals surface area contributed by atoms with Crippen LogP contribution in [0.4, 0.5) is 19.0 Å². The number of rotatable bonds is 7. The van der Waals surface area contributed by atoms with Crippen molar-refractivity contribution in [2.45, 2.75) is 70.2 Å².